The Morgan fingerprint density at radius 2 is 1.71 bits per heavy atom. The number of carbonyl (C=O) groups excluding carboxylic acids is 1. The third-order valence-corrected chi connectivity index (χ3v) is 3.13. The molecule has 0 N–H and O–H groups in total. The van der Waals surface area contributed by atoms with E-state index in [4.69, 9.17) is 0 Å². The smallest absolute Gasteiger partial charge is 0.182 e. The number of para-hydroxylation sites is 1. The van der Waals surface area contributed by atoms with Crippen molar-refractivity contribution in [3.8, 4) is 16.9 Å². The van der Waals surface area contributed by atoms with Gasteiger partial charge in [-0.25, -0.2) is 9.07 Å². The molecule has 104 valence electrons. The number of rotatable bonds is 3. The molecule has 0 spiro atoms. The molecule has 0 atom stereocenters. The van der Waals surface area contributed by atoms with Gasteiger partial charge in [-0.15, -0.1) is 5.10 Å². The van der Waals surface area contributed by atoms with E-state index in [2.05, 4.69) is 10.3 Å². The van der Waals surface area contributed by atoms with Crippen LogP contribution in [0.4, 0.5) is 4.39 Å². The van der Waals surface area contributed by atoms with Gasteiger partial charge in [0, 0.05) is 12.5 Å². The van der Waals surface area contributed by atoms with Gasteiger partial charge in [0.15, 0.2) is 11.5 Å². The van der Waals surface area contributed by atoms with Crippen molar-refractivity contribution in [1.82, 2.24) is 15.0 Å². The van der Waals surface area contributed by atoms with Gasteiger partial charge in [0.1, 0.15) is 17.2 Å². The lowest BCUT2D eigenvalue weighted by Gasteiger charge is -2.08. The van der Waals surface area contributed by atoms with Crippen molar-refractivity contribution in [1.29, 1.82) is 0 Å². The first-order chi connectivity index (χ1) is 10.2. The second-order valence-electron chi connectivity index (χ2n) is 4.57. The molecule has 5 heteroatoms. The lowest BCUT2D eigenvalue weighted by molar-refractivity contribution is 0.101. The summed E-state index contributed by atoms with van der Waals surface area (Å²) in [5, 5.41) is 7.86. The molecule has 3 rings (SSSR count). The van der Waals surface area contributed by atoms with Gasteiger partial charge < -0.3 is 0 Å². The van der Waals surface area contributed by atoms with E-state index in [9.17, 15) is 9.18 Å². The summed E-state index contributed by atoms with van der Waals surface area (Å²) in [7, 11) is 0. The van der Waals surface area contributed by atoms with Gasteiger partial charge in [-0.1, -0.05) is 47.7 Å². The lowest BCUT2D eigenvalue weighted by Crippen LogP contribution is -2.03. The Labute approximate surface area is 120 Å². The fourth-order valence-corrected chi connectivity index (χ4v) is 2.17. The highest BCUT2D eigenvalue weighted by atomic mass is 19.1. The van der Waals surface area contributed by atoms with Crippen LogP contribution in [0.2, 0.25) is 0 Å². The maximum absolute atomic E-state index is 14.0. The standard InChI is InChI=1S/C16H12FN3O/c1-11(21)15-16(12-7-3-2-4-8-12)20(19-18-15)14-10-6-5-9-13(14)17/h2-10H,1H3. The maximum atomic E-state index is 14.0. The normalized spacial score (nSPS) is 10.6. The first-order valence-electron chi connectivity index (χ1n) is 6.45. The predicted molar refractivity (Wildman–Crippen MR) is 76.8 cm³/mol. The zero-order chi connectivity index (χ0) is 14.8. The van der Waals surface area contributed by atoms with E-state index < -0.39 is 5.82 Å². The third kappa shape index (κ3) is 2.33. The summed E-state index contributed by atoms with van der Waals surface area (Å²) < 4.78 is 15.4. The Hall–Kier alpha value is -2.82. The Balaban J connectivity index is 2.28. The summed E-state index contributed by atoms with van der Waals surface area (Å²) in [6, 6.07) is 15.5. The van der Waals surface area contributed by atoms with Crippen molar-refractivity contribution < 1.29 is 9.18 Å². The Morgan fingerprint density at radius 3 is 2.38 bits per heavy atom. The van der Waals surface area contributed by atoms with E-state index in [1.807, 2.05) is 30.3 Å². The summed E-state index contributed by atoms with van der Waals surface area (Å²) in [5.74, 6) is -0.633. The van der Waals surface area contributed by atoms with Crippen LogP contribution in [-0.2, 0) is 0 Å². The molecule has 0 fully saturated rings. The second-order valence-corrected chi connectivity index (χ2v) is 4.57. The van der Waals surface area contributed by atoms with Crippen LogP contribution < -0.4 is 0 Å². The summed E-state index contributed by atoms with van der Waals surface area (Å²) in [4.78, 5) is 11.8. The van der Waals surface area contributed by atoms with Crippen LogP contribution in [0, 0.1) is 5.82 Å². The van der Waals surface area contributed by atoms with Crippen LogP contribution in [0.1, 0.15) is 17.4 Å². The number of hydrogen-bond donors (Lipinski definition) is 0. The number of benzene rings is 2. The Kier molecular flexibility index (Phi) is 3.31. The number of nitrogens with zero attached hydrogens (tertiary/aromatic N) is 3. The molecule has 21 heavy (non-hydrogen) atoms. The summed E-state index contributed by atoms with van der Waals surface area (Å²) in [6.07, 6.45) is 0. The molecule has 0 unspecified atom stereocenters. The fraction of sp³-hybridized carbons (Fsp3) is 0.0625. The Morgan fingerprint density at radius 1 is 1.05 bits per heavy atom. The molecule has 0 bridgehead atoms. The molecule has 2 aromatic carbocycles. The number of aromatic nitrogens is 3. The third-order valence-electron chi connectivity index (χ3n) is 3.13. The van der Waals surface area contributed by atoms with E-state index >= 15 is 0 Å². The van der Waals surface area contributed by atoms with E-state index in [0.717, 1.165) is 5.56 Å². The minimum Gasteiger partial charge on any atom is -0.293 e. The predicted octanol–water partition coefficient (Wildman–Crippen LogP) is 3.28. The minimum absolute atomic E-state index is 0.212. The van der Waals surface area contributed by atoms with Gasteiger partial charge in [-0.3, -0.25) is 4.79 Å². The molecule has 0 aliphatic heterocycles. The Bertz CT molecular complexity index is 796. The fourth-order valence-electron chi connectivity index (χ4n) is 2.17. The quantitative estimate of drug-likeness (QED) is 0.692. The molecule has 4 nitrogen and oxygen atoms in total. The molecule has 0 aliphatic carbocycles. The number of carbonyl (C=O) groups is 1. The minimum atomic E-state index is -0.422. The molecule has 1 aromatic heterocycles. The van der Waals surface area contributed by atoms with Crippen molar-refractivity contribution >= 4 is 5.78 Å². The van der Waals surface area contributed by atoms with Gasteiger partial charge in [0.25, 0.3) is 0 Å². The van der Waals surface area contributed by atoms with Crippen LogP contribution in [0.25, 0.3) is 16.9 Å². The summed E-state index contributed by atoms with van der Waals surface area (Å²) in [5.41, 5.74) is 1.74. The van der Waals surface area contributed by atoms with Gasteiger partial charge >= 0.3 is 0 Å². The largest absolute Gasteiger partial charge is 0.293 e. The zero-order valence-electron chi connectivity index (χ0n) is 11.3. The topological polar surface area (TPSA) is 47.8 Å². The van der Waals surface area contributed by atoms with Crippen molar-refractivity contribution in [3.05, 3.63) is 66.1 Å². The highest BCUT2D eigenvalue weighted by Gasteiger charge is 2.20. The zero-order valence-corrected chi connectivity index (χ0v) is 11.3. The van der Waals surface area contributed by atoms with Crippen LogP contribution in [0.5, 0.6) is 0 Å². The van der Waals surface area contributed by atoms with E-state index in [1.54, 1.807) is 18.2 Å². The average molecular weight is 281 g/mol. The molecule has 0 radical (unpaired) electrons. The van der Waals surface area contributed by atoms with E-state index in [-0.39, 0.29) is 17.2 Å². The highest BCUT2D eigenvalue weighted by molar-refractivity contribution is 5.98. The molecule has 3 aromatic rings. The van der Waals surface area contributed by atoms with Crippen LogP contribution in [0.3, 0.4) is 0 Å². The molecule has 0 amide bonds. The maximum Gasteiger partial charge on any atom is 0.182 e. The molecule has 0 saturated carbocycles. The van der Waals surface area contributed by atoms with Gasteiger partial charge in [0.2, 0.25) is 0 Å². The number of ketones is 1. The van der Waals surface area contributed by atoms with Crippen molar-refractivity contribution in [3.63, 3.8) is 0 Å². The van der Waals surface area contributed by atoms with Gasteiger partial charge in [-0.2, -0.15) is 0 Å². The van der Waals surface area contributed by atoms with Gasteiger partial charge in [0.05, 0.1) is 0 Å². The monoisotopic (exact) mass is 281 g/mol. The molecular weight excluding hydrogens is 269 g/mol. The van der Waals surface area contributed by atoms with Crippen molar-refractivity contribution in [2.24, 2.45) is 0 Å². The molecule has 0 aliphatic rings. The van der Waals surface area contributed by atoms with Crippen LogP contribution >= 0.6 is 0 Å². The molecule has 1 heterocycles. The number of halogens is 1. The molecule has 0 saturated heterocycles. The SMILES string of the molecule is CC(=O)c1nnn(-c2ccccc2F)c1-c1ccccc1. The summed E-state index contributed by atoms with van der Waals surface area (Å²) >= 11 is 0. The average Bonchev–Trinajstić information content (AvgIpc) is 2.93. The summed E-state index contributed by atoms with van der Waals surface area (Å²) in [6.45, 7) is 1.42. The van der Waals surface area contributed by atoms with Crippen molar-refractivity contribution in [2.45, 2.75) is 6.92 Å². The highest BCUT2D eigenvalue weighted by Crippen LogP contribution is 2.26. The first kappa shape index (κ1) is 13.2. The van der Waals surface area contributed by atoms with Gasteiger partial charge in [-0.05, 0) is 12.1 Å². The van der Waals surface area contributed by atoms with E-state index in [1.165, 1.54) is 17.7 Å². The second kappa shape index (κ2) is 5.28. The van der Waals surface area contributed by atoms with Crippen LogP contribution in [-0.4, -0.2) is 20.8 Å². The first-order valence-corrected chi connectivity index (χ1v) is 6.45. The number of Topliss-reactive ketones (excluding diaryl/α,β-unsaturated/α-hetero) is 1. The van der Waals surface area contributed by atoms with Crippen molar-refractivity contribution in [2.75, 3.05) is 0 Å². The molecular formula is C16H12FN3O. The van der Waals surface area contributed by atoms with E-state index in [0.29, 0.717) is 5.69 Å². The number of hydrogen-bond acceptors (Lipinski definition) is 3. The lowest BCUT2D eigenvalue weighted by atomic mass is 10.1. The van der Waals surface area contributed by atoms with Crippen LogP contribution in [0.15, 0.2) is 54.6 Å².